The summed E-state index contributed by atoms with van der Waals surface area (Å²) in [6, 6.07) is 0. The van der Waals surface area contributed by atoms with Crippen molar-refractivity contribution in [1.29, 1.82) is 0 Å². The lowest BCUT2D eigenvalue weighted by atomic mass is 9.76. The summed E-state index contributed by atoms with van der Waals surface area (Å²) in [7, 11) is 0. The summed E-state index contributed by atoms with van der Waals surface area (Å²) < 4.78 is 0. The van der Waals surface area contributed by atoms with Gasteiger partial charge in [-0.1, -0.05) is 12.2 Å². The molecule has 0 aliphatic heterocycles. The molecule has 0 aromatic heterocycles. The summed E-state index contributed by atoms with van der Waals surface area (Å²) in [5, 5.41) is 0. The second-order valence-electron chi connectivity index (χ2n) is 4.54. The van der Waals surface area contributed by atoms with Gasteiger partial charge in [0.05, 0.1) is 0 Å². The Bertz CT molecular complexity index is 266. The molecule has 1 spiro atoms. The highest BCUT2D eigenvalue weighted by Crippen LogP contribution is 2.60. The number of allylic oxidation sites excluding steroid dienone is 2. The van der Waals surface area contributed by atoms with Crippen molar-refractivity contribution in [3.8, 4) is 0 Å². The molecule has 2 saturated carbocycles. The van der Waals surface area contributed by atoms with Crippen LogP contribution in [-0.4, -0.2) is 5.78 Å². The van der Waals surface area contributed by atoms with E-state index in [0.717, 1.165) is 18.8 Å². The standard InChI is InChI=1S/C11H14O/c12-10-5-7-11-6-1-2-8(11)3-4-9(10)11/h1,6,8-9H,2-5,7H2. The van der Waals surface area contributed by atoms with Gasteiger partial charge in [0.2, 0.25) is 0 Å². The van der Waals surface area contributed by atoms with Gasteiger partial charge >= 0.3 is 0 Å². The lowest BCUT2D eigenvalue weighted by molar-refractivity contribution is -0.121. The van der Waals surface area contributed by atoms with Gasteiger partial charge in [-0.2, -0.15) is 0 Å². The third kappa shape index (κ3) is 0.596. The second-order valence-corrected chi connectivity index (χ2v) is 4.54. The van der Waals surface area contributed by atoms with Crippen LogP contribution in [-0.2, 0) is 4.79 Å². The van der Waals surface area contributed by atoms with Crippen LogP contribution in [0, 0.1) is 17.3 Å². The first-order valence-corrected chi connectivity index (χ1v) is 5.03. The first-order chi connectivity index (χ1) is 5.83. The van der Waals surface area contributed by atoms with E-state index >= 15 is 0 Å². The molecule has 1 nitrogen and oxygen atoms in total. The zero-order valence-corrected chi connectivity index (χ0v) is 7.25. The van der Waals surface area contributed by atoms with Gasteiger partial charge in [-0.25, -0.2) is 0 Å². The van der Waals surface area contributed by atoms with E-state index in [1.54, 1.807) is 0 Å². The molecule has 64 valence electrons. The van der Waals surface area contributed by atoms with E-state index in [1.807, 2.05) is 0 Å². The Hall–Kier alpha value is -0.590. The molecule has 0 bridgehead atoms. The van der Waals surface area contributed by atoms with Gasteiger partial charge in [-0.05, 0) is 31.6 Å². The Morgan fingerprint density at radius 2 is 2.33 bits per heavy atom. The van der Waals surface area contributed by atoms with Crippen molar-refractivity contribution < 1.29 is 4.79 Å². The molecular weight excluding hydrogens is 148 g/mol. The molecule has 0 N–H and O–H groups in total. The highest BCUT2D eigenvalue weighted by molar-refractivity contribution is 5.85. The highest BCUT2D eigenvalue weighted by Gasteiger charge is 2.55. The molecule has 0 saturated heterocycles. The summed E-state index contributed by atoms with van der Waals surface area (Å²) in [4.78, 5) is 11.6. The van der Waals surface area contributed by atoms with Gasteiger partial charge in [-0.15, -0.1) is 0 Å². The maximum atomic E-state index is 11.6. The molecule has 0 radical (unpaired) electrons. The van der Waals surface area contributed by atoms with Gasteiger partial charge in [0.25, 0.3) is 0 Å². The van der Waals surface area contributed by atoms with Crippen LogP contribution in [0.5, 0.6) is 0 Å². The molecule has 3 atom stereocenters. The maximum absolute atomic E-state index is 11.6. The lowest BCUT2D eigenvalue weighted by Crippen LogP contribution is -2.23. The number of carbonyl (C=O) groups excluding carboxylic acids is 1. The van der Waals surface area contributed by atoms with Crippen molar-refractivity contribution in [2.24, 2.45) is 17.3 Å². The van der Waals surface area contributed by atoms with Gasteiger partial charge < -0.3 is 0 Å². The molecule has 3 aliphatic rings. The molecule has 0 heterocycles. The van der Waals surface area contributed by atoms with E-state index in [4.69, 9.17) is 0 Å². The first-order valence-electron chi connectivity index (χ1n) is 5.03. The van der Waals surface area contributed by atoms with Crippen molar-refractivity contribution >= 4 is 5.78 Å². The third-order valence-electron chi connectivity index (χ3n) is 4.25. The SMILES string of the molecule is O=C1CCC23C=CCC2CCC13. The van der Waals surface area contributed by atoms with Crippen molar-refractivity contribution in [3.05, 3.63) is 12.2 Å². The fourth-order valence-corrected chi connectivity index (χ4v) is 3.67. The van der Waals surface area contributed by atoms with Crippen molar-refractivity contribution in [2.45, 2.75) is 32.1 Å². The maximum Gasteiger partial charge on any atom is 0.136 e. The van der Waals surface area contributed by atoms with Gasteiger partial charge in [0.15, 0.2) is 0 Å². The normalized spacial score (nSPS) is 49.8. The minimum atomic E-state index is 0.358. The van der Waals surface area contributed by atoms with Crippen LogP contribution < -0.4 is 0 Å². The average Bonchev–Trinajstić information content (AvgIpc) is 2.62. The molecule has 1 heteroatoms. The van der Waals surface area contributed by atoms with Gasteiger partial charge in [-0.3, -0.25) is 4.79 Å². The van der Waals surface area contributed by atoms with E-state index < -0.39 is 0 Å². The van der Waals surface area contributed by atoms with Crippen LogP contribution in [0.3, 0.4) is 0 Å². The number of ketones is 1. The summed E-state index contributed by atoms with van der Waals surface area (Å²) in [6.07, 6.45) is 10.4. The smallest absolute Gasteiger partial charge is 0.136 e. The number of rotatable bonds is 0. The topological polar surface area (TPSA) is 17.1 Å². The van der Waals surface area contributed by atoms with Crippen molar-refractivity contribution in [1.82, 2.24) is 0 Å². The quantitative estimate of drug-likeness (QED) is 0.499. The summed E-state index contributed by atoms with van der Waals surface area (Å²) >= 11 is 0. The summed E-state index contributed by atoms with van der Waals surface area (Å²) in [5.41, 5.74) is 0.358. The molecule has 0 aromatic carbocycles. The van der Waals surface area contributed by atoms with Crippen LogP contribution in [0.25, 0.3) is 0 Å². The monoisotopic (exact) mass is 162 g/mol. The fourth-order valence-electron chi connectivity index (χ4n) is 3.67. The van der Waals surface area contributed by atoms with E-state index in [2.05, 4.69) is 12.2 Å². The Labute approximate surface area is 72.8 Å². The van der Waals surface area contributed by atoms with Crippen LogP contribution >= 0.6 is 0 Å². The minimum Gasteiger partial charge on any atom is -0.299 e. The summed E-state index contributed by atoms with van der Waals surface area (Å²) in [6.45, 7) is 0. The molecule has 0 amide bonds. The predicted molar refractivity (Wildman–Crippen MR) is 46.6 cm³/mol. The number of carbonyl (C=O) groups is 1. The van der Waals surface area contributed by atoms with Crippen molar-refractivity contribution in [2.75, 3.05) is 0 Å². The van der Waals surface area contributed by atoms with Crippen LogP contribution in [0.1, 0.15) is 32.1 Å². The minimum absolute atomic E-state index is 0.358. The van der Waals surface area contributed by atoms with Crippen LogP contribution in [0.15, 0.2) is 12.2 Å². The molecule has 2 fully saturated rings. The van der Waals surface area contributed by atoms with E-state index in [1.165, 1.54) is 19.3 Å². The zero-order chi connectivity index (χ0) is 8.18. The average molecular weight is 162 g/mol. The number of Topliss-reactive ketones (excluding diaryl/α,β-unsaturated/α-hetero) is 1. The van der Waals surface area contributed by atoms with Crippen LogP contribution in [0.4, 0.5) is 0 Å². The molecule has 3 unspecified atom stereocenters. The summed E-state index contributed by atoms with van der Waals surface area (Å²) in [5.74, 6) is 1.79. The molecule has 12 heavy (non-hydrogen) atoms. The Kier molecular flexibility index (Phi) is 1.15. The van der Waals surface area contributed by atoms with E-state index in [0.29, 0.717) is 17.1 Å². The Morgan fingerprint density at radius 3 is 3.25 bits per heavy atom. The Morgan fingerprint density at radius 1 is 1.42 bits per heavy atom. The Balaban J connectivity index is 2.07. The van der Waals surface area contributed by atoms with Crippen LogP contribution in [0.2, 0.25) is 0 Å². The lowest BCUT2D eigenvalue weighted by Gasteiger charge is -2.26. The third-order valence-corrected chi connectivity index (χ3v) is 4.25. The highest BCUT2D eigenvalue weighted by atomic mass is 16.1. The fraction of sp³-hybridized carbons (Fsp3) is 0.727. The van der Waals surface area contributed by atoms with Crippen molar-refractivity contribution in [3.63, 3.8) is 0 Å². The largest absolute Gasteiger partial charge is 0.299 e. The zero-order valence-electron chi connectivity index (χ0n) is 7.25. The molecule has 0 aromatic rings. The molecule has 3 aliphatic carbocycles. The molecular formula is C11H14O. The second kappa shape index (κ2) is 2.01. The van der Waals surface area contributed by atoms with Gasteiger partial charge in [0.1, 0.15) is 5.78 Å². The first kappa shape index (κ1) is 6.88. The predicted octanol–water partition coefficient (Wildman–Crippen LogP) is 2.32. The van der Waals surface area contributed by atoms with E-state index in [9.17, 15) is 4.79 Å². The number of hydrogen-bond acceptors (Lipinski definition) is 1. The molecule has 3 rings (SSSR count). The van der Waals surface area contributed by atoms with E-state index in [-0.39, 0.29) is 0 Å². The number of hydrogen-bond donors (Lipinski definition) is 0. The van der Waals surface area contributed by atoms with Gasteiger partial charge in [0, 0.05) is 17.8 Å².